The summed E-state index contributed by atoms with van der Waals surface area (Å²) in [5.41, 5.74) is 1.87. The lowest BCUT2D eigenvalue weighted by molar-refractivity contribution is 0.145. The number of amides is 2. The van der Waals surface area contributed by atoms with Crippen LogP contribution in [0.4, 0.5) is 9.18 Å². The van der Waals surface area contributed by atoms with Crippen LogP contribution in [0.2, 0.25) is 0 Å². The van der Waals surface area contributed by atoms with E-state index in [9.17, 15) is 9.18 Å². The van der Waals surface area contributed by atoms with Gasteiger partial charge >= 0.3 is 6.03 Å². The van der Waals surface area contributed by atoms with Crippen LogP contribution >= 0.6 is 0 Å². The number of carbonyl (C=O) groups is 1. The molecule has 0 unspecified atom stereocenters. The molecule has 6 heteroatoms. The third-order valence-electron chi connectivity index (χ3n) is 4.85. The molecule has 1 atom stereocenters. The molecule has 0 radical (unpaired) electrons. The van der Waals surface area contributed by atoms with Crippen molar-refractivity contribution in [1.29, 1.82) is 0 Å². The molecule has 0 spiro atoms. The fraction of sp³-hybridized carbons (Fsp3) is 0.526. The zero-order valence-corrected chi connectivity index (χ0v) is 14.7. The van der Waals surface area contributed by atoms with E-state index in [0.29, 0.717) is 31.7 Å². The number of fused-ring (bicyclic) bond motifs is 1. The van der Waals surface area contributed by atoms with Crippen molar-refractivity contribution in [2.45, 2.75) is 32.7 Å². The molecule has 2 N–H and O–H groups in total. The van der Waals surface area contributed by atoms with Gasteiger partial charge in [0.2, 0.25) is 0 Å². The highest BCUT2D eigenvalue weighted by atomic mass is 19.1. The fourth-order valence-corrected chi connectivity index (χ4v) is 3.30. The number of hydrogen-bond donors (Lipinski definition) is 2. The number of nitrogens with one attached hydrogen (secondary N) is 2. The van der Waals surface area contributed by atoms with Crippen molar-refractivity contribution >= 4 is 6.03 Å². The average Bonchev–Trinajstić information content (AvgIpc) is 2.62. The van der Waals surface area contributed by atoms with E-state index in [4.69, 9.17) is 9.47 Å². The minimum Gasteiger partial charge on any atom is -0.490 e. The van der Waals surface area contributed by atoms with Gasteiger partial charge in [0.05, 0.1) is 25.9 Å². The zero-order chi connectivity index (χ0) is 17.9. The lowest BCUT2D eigenvalue weighted by atomic mass is 9.81. The van der Waals surface area contributed by atoms with Gasteiger partial charge in [-0.1, -0.05) is 37.6 Å². The highest BCUT2D eigenvalue weighted by molar-refractivity contribution is 5.74. The lowest BCUT2D eigenvalue weighted by Crippen LogP contribution is -2.44. The van der Waals surface area contributed by atoms with E-state index in [1.54, 1.807) is 12.1 Å². The van der Waals surface area contributed by atoms with Gasteiger partial charge in [0, 0.05) is 23.9 Å². The molecular formula is C19H25FN2O3. The molecule has 3 rings (SSSR count). The topological polar surface area (TPSA) is 59.6 Å². The van der Waals surface area contributed by atoms with Gasteiger partial charge in [0.15, 0.2) is 11.6 Å². The Bertz CT molecular complexity index is 673. The molecule has 2 aliphatic heterocycles. The second-order valence-electron chi connectivity index (χ2n) is 7.11. The Hall–Kier alpha value is -2.08. The van der Waals surface area contributed by atoms with E-state index in [-0.39, 0.29) is 23.2 Å². The molecule has 1 aromatic rings. The first-order valence-corrected chi connectivity index (χ1v) is 8.70. The number of halogens is 1. The summed E-state index contributed by atoms with van der Waals surface area (Å²) in [6.45, 7) is 6.51. The summed E-state index contributed by atoms with van der Waals surface area (Å²) >= 11 is 0. The zero-order valence-electron chi connectivity index (χ0n) is 14.7. The Kier molecular flexibility index (Phi) is 5.27. The maximum absolute atomic E-state index is 13.8. The molecule has 5 nitrogen and oxygen atoms in total. The summed E-state index contributed by atoms with van der Waals surface area (Å²) < 4.78 is 24.6. The van der Waals surface area contributed by atoms with Crippen LogP contribution in [0.15, 0.2) is 29.8 Å². The van der Waals surface area contributed by atoms with Gasteiger partial charge in [-0.15, -0.1) is 0 Å². The predicted molar refractivity (Wildman–Crippen MR) is 93.1 cm³/mol. The number of benzene rings is 1. The van der Waals surface area contributed by atoms with Crippen molar-refractivity contribution < 1.29 is 18.7 Å². The van der Waals surface area contributed by atoms with Crippen molar-refractivity contribution in [2.75, 3.05) is 26.4 Å². The van der Waals surface area contributed by atoms with E-state index >= 15 is 0 Å². The lowest BCUT2D eigenvalue weighted by Gasteiger charge is -2.31. The number of para-hydroxylation sites is 1. The second kappa shape index (κ2) is 7.44. The van der Waals surface area contributed by atoms with Crippen molar-refractivity contribution in [3.8, 4) is 5.75 Å². The molecule has 25 heavy (non-hydrogen) atoms. The molecule has 0 saturated carbocycles. The second-order valence-corrected chi connectivity index (χ2v) is 7.11. The molecule has 136 valence electrons. The Balaban J connectivity index is 1.59. The number of rotatable bonds is 4. The molecule has 0 bridgehead atoms. The first kappa shape index (κ1) is 17.7. The monoisotopic (exact) mass is 348 g/mol. The molecule has 0 aromatic heterocycles. The first-order valence-electron chi connectivity index (χ1n) is 8.70. The summed E-state index contributed by atoms with van der Waals surface area (Å²) in [5.74, 6) is -0.149. The van der Waals surface area contributed by atoms with Gasteiger partial charge in [-0.3, -0.25) is 0 Å². The van der Waals surface area contributed by atoms with Gasteiger partial charge in [0.1, 0.15) is 0 Å². The molecule has 1 aromatic carbocycles. The average molecular weight is 348 g/mol. The van der Waals surface area contributed by atoms with E-state index in [1.807, 2.05) is 0 Å². The highest BCUT2D eigenvalue weighted by Crippen LogP contribution is 2.34. The molecule has 2 amide bonds. The molecule has 0 aliphatic carbocycles. The summed E-state index contributed by atoms with van der Waals surface area (Å²) in [7, 11) is 0. The van der Waals surface area contributed by atoms with Crippen LogP contribution in [-0.4, -0.2) is 32.4 Å². The first-order chi connectivity index (χ1) is 12.0. The normalized spacial score (nSPS) is 20.1. The highest BCUT2D eigenvalue weighted by Gasteiger charge is 2.28. The van der Waals surface area contributed by atoms with Crippen molar-refractivity contribution in [3.63, 3.8) is 0 Å². The van der Waals surface area contributed by atoms with Crippen LogP contribution in [0.1, 0.15) is 38.3 Å². The number of hydrogen-bond acceptors (Lipinski definition) is 3. The molecule has 0 saturated heterocycles. The SMILES string of the molecule is CC(C)(CNC(=O)N[C@@H]1CCOc2c(F)cccc21)C1=CCOCC1. The van der Waals surface area contributed by atoms with Crippen LogP contribution in [0.5, 0.6) is 5.75 Å². The third-order valence-corrected chi connectivity index (χ3v) is 4.85. The smallest absolute Gasteiger partial charge is 0.315 e. The Morgan fingerprint density at radius 3 is 2.96 bits per heavy atom. The predicted octanol–water partition coefficient (Wildman–Crippen LogP) is 3.32. The molecule has 2 heterocycles. The maximum atomic E-state index is 13.8. The molecule has 2 aliphatic rings. The van der Waals surface area contributed by atoms with Crippen LogP contribution in [0.25, 0.3) is 0 Å². The van der Waals surface area contributed by atoms with Crippen LogP contribution in [0.3, 0.4) is 0 Å². The molecular weight excluding hydrogens is 323 g/mol. The third kappa shape index (κ3) is 4.12. The van der Waals surface area contributed by atoms with Crippen LogP contribution in [0, 0.1) is 11.2 Å². The summed E-state index contributed by atoms with van der Waals surface area (Å²) in [6, 6.07) is 4.30. The Labute approximate surface area is 147 Å². The summed E-state index contributed by atoms with van der Waals surface area (Å²) in [6.07, 6.45) is 3.61. The maximum Gasteiger partial charge on any atom is 0.315 e. The van der Waals surface area contributed by atoms with Crippen molar-refractivity contribution in [1.82, 2.24) is 10.6 Å². The van der Waals surface area contributed by atoms with Gasteiger partial charge < -0.3 is 20.1 Å². The van der Waals surface area contributed by atoms with Gasteiger partial charge in [-0.2, -0.15) is 0 Å². The van der Waals surface area contributed by atoms with E-state index in [2.05, 4.69) is 30.6 Å². The van der Waals surface area contributed by atoms with Crippen LogP contribution < -0.4 is 15.4 Å². The standard InChI is InChI=1S/C19H25FN2O3/c1-19(2,13-6-9-24-10-7-13)12-21-18(23)22-16-8-11-25-17-14(16)4-3-5-15(17)20/h3-6,16H,7-12H2,1-2H3,(H2,21,22,23)/t16-/m1/s1. The van der Waals surface area contributed by atoms with Gasteiger partial charge in [0.25, 0.3) is 0 Å². The fourth-order valence-electron chi connectivity index (χ4n) is 3.30. The number of urea groups is 1. The van der Waals surface area contributed by atoms with E-state index in [0.717, 1.165) is 13.0 Å². The van der Waals surface area contributed by atoms with Crippen LogP contribution in [-0.2, 0) is 4.74 Å². The van der Waals surface area contributed by atoms with E-state index in [1.165, 1.54) is 11.6 Å². The Morgan fingerprint density at radius 1 is 1.36 bits per heavy atom. The minimum absolute atomic E-state index is 0.124. The van der Waals surface area contributed by atoms with E-state index < -0.39 is 5.82 Å². The summed E-state index contributed by atoms with van der Waals surface area (Å²) in [5, 5.41) is 5.88. The quantitative estimate of drug-likeness (QED) is 0.821. The number of ether oxygens (including phenoxy) is 2. The Morgan fingerprint density at radius 2 is 2.20 bits per heavy atom. The minimum atomic E-state index is -0.392. The van der Waals surface area contributed by atoms with Gasteiger partial charge in [-0.25, -0.2) is 9.18 Å². The van der Waals surface area contributed by atoms with Crippen molar-refractivity contribution in [2.24, 2.45) is 5.41 Å². The van der Waals surface area contributed by atoms with Crippen molar-refractivity contribution in [3.05, 3.63) is 41.2 Å². The molecule has 0 fully saturated rings. The number of carbonyl (C=O) groups excluding carboxylic acids is 1. The van der Waals surface area contributed by atoms with Gasteiger partial charge in [-0.05, 0) is 12.5 Å². The summed E-state index contributed by atoms with van der Waals surface area (Å²) in [4.78, 5) is 12.3. The largest absolute Gasteiger partial charge is 0.490 e.